The van der Waals surface area contributed by atoms with Crippen LogP contribution < -0.4 is 15.8 Å². The maximum atomic E-state index is 10.0. The molecule has 26 heavy (non-hydrogen) atoms. The standard InChI is InChI=1S/C20H19N2O2PS/c1-15(19-13-12-16(23)14-20(19)24)21-22-25(26,17-8-4-2-5-9-17)18-10-6-3-7-11-18/h2-14,23-24H,1H3,(H,22,26)/b21-15-. The highest BCUT2D eigenvalue weighted by Gasteiger charge is 2.21. The van der Waals surface area contributed by atoms with E-state index in [1.807, 2.05) is 60.7 Å². The number of phenolic OH excluding ortho intramolecular Hbond substituents is 2. The van der Waals surface area contributed by atoms with Crippen molar-refractivity contribution in [3.63, 3.8) is 0 Å². The molecule has 3 rings (SSSR count). The quantitative estimate of drug-likeness (QED) is 0.359. The van der Waals surface area contributed by atoms with Crippen molar-refractivity contribution in [2.24, 2.45) is 5.10 Å². The van der Waals surface area contributed by atoms with Gasteiger partial charge in [0.15, 0.2) is 0 Å². The third-order valence-electron chi connectivity index (χ3n) is 3.97. The van der Waals surface area contributed by atoms with Crippen molar-refractivity contribution in [3.05, 3.63) is 84.4 Å². The van der Waals surface area contributed by atoms with Gasteiger partial charge < -0.3 is 10.2 Å². The zero-order valence-electron chi connectivity index (χ0n) is 14.2. The Morgan fingerprint density at radius 1 is 0.885 bits per heavy atom. The second kappa shape index (κ2) is 7.73. The van der Waals surface area contributed by atoms with Gasteiger partial charge in [0.2, 0.25) is 0 Å². The van der Waals surface area contributed by atoms with Crippen LogP contribution in [0.4, 0.5) is 0 Å². The lowest BCUT2D eigenvalue weighted by atomic mass is 10.1. The first-order chi connectivity index (χ1) is 12.5. The van der Waals surface area contributed by atoms with Gasteiger partial charge in [-0.15, -0.1) is 0 Å². The summed E-state index contributed by atoms with van der Waals surface area (Å²) in [5, 5.41) is 29.2. The molecule has 3 N–H and O–H groups in total. The van der Waals surface area contributed by atoms with Gasteiger partial charge in [-0.2, -0.15) is 5.10 Å². The van der Waals surface area contributed by atoms with E-state index < -0.39 is 6.19 Å². The van der Waals surface area contributed by atoms with Crippen molar-refractivity contribution in [3.8, 4) is 11.5 Å². The van der Waals surface area contributed by atoms with Crippen LogP contribution in [0.3, 0.4) is 0 Å². The van der Waals surface area contributed by atoms with Crippen LogP contribution >= 0.6 is 6.19 Å². The van der Waals surface area contributed by atoms with E-state index in [4.69, 9.17) is 11.8 Å². The maximum absolute atomic E-state index is 10.0. The van der Waals surface area contributed by atoms with Crippen LogP contribution in [0.25, 0.3) is 0 Å². The van der Waals surface area contributed by atoms with Crippen LogP contribution in [0.5, 0.6) is 11.5 Å². The molecule has 0 saturated heterocycles. The van der Waals surface area contributed by atoms with E-state index >= 15 is 0 Å². The summed E-state index contributed by atoms with van der Waals surface area (Å²) in [5.74, 6) is -0.0218. The third-order valence-corrected chi connectivity index (χ3v) is 7.91. The molecule has 0 saturated carbocycles. The fourth-order valence-corrected chi connectivity index (χ4v) is 5.43. The molecule has 0 aromatic heterocycles. The highest BCUT2D eigenvalue weighted by Crippen LogP contribution is 2.39. The van der Waals surface area contributed by atoms with Crippen molar-refractivity contribution < 1.29 is 10.2 Å². The van der Waals surface area contributed by atoms with Crippen molar-refractivity contribution in [2.75, 3.05) is 0 Å². The highest BCUT2D eigenvalue weighted by atomic mass is 32.4. The van der Waals surface area contributed by atoms with E-state index in [1.54, 1.807) is 13.0 Å². The molecule has 0 aliphatic carbocycles. The first kappa shape index (κ1) is 18.2. The molecule has 6 heteroatoms. The molecule has 0 unspecified atom stereocenters. The highest BCUT2D eigenvalue weighted by molar-refractivity contribution is 8.20. The van der Waals surface area contributed by atoms with Crippen molar-refractivity contribution in [2.45, 2.75) is 6.92 Å². The molecule has 0 radical (unpaired) electrons. The fourth-order valence-electron chi connectivity index (χ4n) is 2.57. The second-order valence-corrected chi connectivity index (χ2v) is 9.87. The molecule has 0 fully saturated rings. The number of phenols is 2. The summed E-state index contributed by atoms with van der Waals surface area (Å²) in [6, 6.07) is 24.2. The Bertz CT molecular complexity index is 932. The van der Waals surface area contributed by atoms with E-state index in [9.17, 15) is 10.2 Å². The molecule has 4 nitrogen and oxygen atoms in total. The van der Waals surface area contributed by atoms with E-state index in [1.165, 1.54) is 12.1 Å². The minimum absolute atomic E-state index is 0.00527. The number of benzene rings is 3. The normalized spacial score (nSPS) is 12.0. The van der Waals surface area contributed by atoms with Gasteiger partial charge in [0, 0.05) is 22.2 Å². The number of hydrogen-bond acceptors (Lipinski definition) is 4. The van der Waals surface area contributed by atoms with Gasteiger partial charge in [-0.25, -0.2) is 0 Å². The van der Waals surface area contributed by atoms with Crippen molar-refractivity contribution in [1.29, 1.82) is 0 Å². The molecule has 0 heterocycles. The molecule has 0 aliphatic heterocycles. The molecule has 3 aromatic carbocycles. The molecule has 0 atom stereocenters. The number of nitrogens with zero attached hydrogens (tertiary/aromatic N) is 1. The van der Waals surface area contributed by atoms with Crippen molar-refractivity contribution in [1.82, 2.24) is 5.20 Å². The smallest absolute Gasteiger partial charge is 0.128 e. The van der Waals surface area contributed by atoms with E-state index in [-0.39, 0.29) is 11.5 Å². The molecular weight excluding hydrogens is 363 g/mol. The van der Waals surface area contributed by atoms with E-state index in [0.29, 0.717) is 11.3 Å². The summed E-state index contributed by atoms with van der Waals surface area (Å²) in [5.41, 5.74) is 1.13. The zero-order valence-corrected chi connectivity index (χ0v) is 15.9. The predicted molar refractivity (Wildman–Crippen MR) is 112 cm³/mol. The summed E-state index contributed by atoms with van der Waals surface area (Å²) >= 11 is 6.05. The van der Waals surface area contributed by atoms with Crippen LogP contribution in [0.15, 0.2) is 84.0 Å². The minimum Gasteiger partial charge on any atom is -0.508 e. The summed E-state index contributed by atoms with van der Waals surface area (Å²) in [4.78, 5) is 0. The molecule has 0 aliphatic rings. The Hall–Kier alpha value is -2.62. The van der Waals surface area contributed by atoms with Gasteiger partial charge in [0.1, 0.15) is 17.7 Å². The maximum Gasteiger partial charge on any atom is 0.128 e. The predicted octanol–water partition coefficient (Wildman–Crippen LogP) is 3.46. The van der Waals surface area contributed by atoms with Crippen LogP contribution in [0.2, 0.25) is 0 Å². The van der Waals surface area contributed by atoms with Crippen molar-refractivity contribution >= 4 is 34.3 Å². The number of nitrogens with one attached hydrogen (secondary N) is 1. The molecule has 3 aromatic rings. The number of rotatable bonds is 5. The molecular formula is C20H19N2O2PS. The summed E-state index contributed by atoms with van der Waals surface area (Å²) in [7, 11) is 0. The Labute approximate surface area is 157 Å². The Balaban J connectivity index is 2.00. The SMILES string of the molecule is C/C(=N/NP(=S)(c1ccccc1)c1ccccc1)c1ccc(O)cc1O. The van der Waals surface area contributed by atoms with Gasteiger partial charge in [-0.1, -0.05) is 72.5 Å². The molecule has 0 bridgehead atoms. The minimum atomic E-state index is -2.36. The fraction of sp³-hybridized carbons (Fsp3) is 0.0500. The lowest BCUT2D eigenvalue weighted by molar-refractivity contribution is 0.450. The Kier molecular flexibility index (Phi) is 5.40. The average Bonchev–Trinajstić information content (AvgIpc) is 2.67. The second-order valence-electron chi connectivity index (χ2n) is 5.78. The first-order valence-corrected chi connectivity index (χ1v) is 10.9. The Morgan fingerprint density at radius 3 is 1.92 bits per heavy atom. The topological polar surface area (TPSA) is 64.9 Å². The van der Waals surface area contributed by atoms with E-state index in [2.05, 4.69) is 10.3 Å². The monoisotopic (exact) mass is 382 g/mol. The summed E-state index contributed by atoms with van der Waals surface area (Å²) in [6.45, 7) is 1.79. The molecule has 0 amide bonds. The van der Waals surface area contributed by atoms with Gasteiger partial charge >= 0.3 is 0 Å². The van der Waals surface area contributed by atoms with Gasteiger partial charge in [0.05, 0.1) is 5.71 Å². The number of hydrogen-bond donors (Lipinski definition) is 3. The third kappa shape index (κ3) is 3.79. The van der Waals surface area contributed by atoms with E-state index in [0.717, 1.165) is 10.6 Å². The number of hydrazone groups is 1. The van der Waals surface area contributed by atoms with Crippen LogP contribution in [-0.4, -0.2) is 15.9 Å². The van der Waals surface area contributed by atoms with Crippen LogP contribution in [-0.2, 0) is 11.8 Å². The zero-order chi connectivity index (χ0) is 18.6. The summed E-state index contributed by atoms with van der Waals surface area (Å²) < 4.78 is 0. The van der Waals surface area contributed by atoms with Crippen LogP contribution in [0.1, 0.15) is 12.5 Å². The Morgan fingerprint density at radius 2 is 1.42 bits per heavy atom. The lowest BCUT2D eigenvalue weighted by Gasteiger charge is -2.23. The van der Waals surface area contributed by atoms with Crippen LogP contribution in [0, 0.1) is 0 Å². The van der Waals surface area contributed by atoms with Gasteiger partial charge in [-0.05, 0) is 19.1 Å². The van der Waals surface area contributed by atoms with Gasteiger partial charge in [0.25, 0.3) is 0 Å². The summed E-state index contributed by atoms with van der Waals surface area (Å²) in [6.07, 6.45) is -2.36. The molecule has 132 valence electrons. The largest absolute Gasteiger partial charge is 0.508 e. The molecule has 0 spiro atoms. The first-order valence-electron chi connectivity index (χ1n) is 8.06. The number of aromatic hydroxyl groups is 2. The lowest BCUT2D eigenvalue weighted by Crippen LogP contribution is -2.25. The average molecular weight is 382 g/mol. The van der Waals surface area contributed by atoms with Gasteiger partial charge in [-0.3, -0.25) is 5.20 Å².